The molecule has 2 N–H and O–H groups in total. The van der Waals surface area contributed by atoms with E-state index >= 15 is 0 Å². The minimum atomic E-state index is -0.293. The van der Waals surface area contributed by atoms with Gasteiger partial charge in [-0.1, -0.05) is 6.07 Å². The predicted octanol–water partition coefficient (Wildman–Crippen LogP) is 1.64. The first-order valence-corrected chi connectivity index (χ1v) is 5.95. The maximum Gasteiger partial charge on any atom is 0.337 e. The second-order valence-corrected chi connectivity index (χ2v) is 4.24. The van der Waals surface area contributed by atoms with Crippen molar-refractivity contribution in [2.24, 2.45) is 0 Å². The summed E-state index contributed by atoms with van der Waals surface area (Å²) in [6.45, 7) is 2.10. The van der Waals surface area contributed by atoms with Gasteiger partial charge in [0.1, 0.15) is 0 Å². The van der Waals surface area contributed by atoms with Crippen molar-refractivity contribution in [1.29, 1.82) is 0 Å². The molecule has 0 amide bonds. The summed E-state index contributed by atoms with van der Waals surface area (Å²) in [5.74, 6) is -0.293. The van der Waals surface area contributed by atoms with E-state index in [1.807, 2.05) is 18.2 Å². The van der Waals surface area contributed by atoms with Crippen molar-refractivity contribution >= 4 is 11.7 Å². The third kappa shape index (κ3) is 3.20. The van der Waals surface area contributed by atoms with Crippen molar-refractivity contribution in [3.05, 3.63) is 29.8 Å². The molecule has 1 aromatic rings. The molecule has 1 aliphatic heterocycles. The number of anilines is 1. The van der Waals surface area contributed by atoms with Gasteiger partial charge in [0.05, 0.1) is 12.7 Å². The van der Waals surface area contributed by atoms with Gasteiger partial charge < -0.3 is 15.4 Å². The van der Waals surface area contributed by atoms with Crippen LogP contribution in [-0.2, 0) is 4.74 Å². The van der Waals surface area contributed by atoms with Crippen molar-refractivity contribution < 1.29 is 9.53 Å². The number of hydrogen-bond acceptors (Lipinski definition) is 4. The zero-order valence-electron chi connectivity index (χ0n) is 10.0. The number of esters is 1. The molecule has 1 aliphatic rings. The molecule has 0 unspecified atom stereocenters. The summed E-state index contributed by atoms with van der Waals surface area (Å²) in [5, 5.41) is 6.78. The summed E-state index contributed by atoms with van der Waals surface area (Å²) in [6, 6.07) is 7.95. The molecule has 0 spiro atoms. The van der Waals surface area contributed by atoms with E-state index in [0.717, 1.165) is 31.6 Å². The van der Waals surface area contributed by atoms with Gasteiger partial charge in [-0.15, -0.1) is 0 Å². The normalized spacial score (nSPS) is 16.5. The lowest BCUT2D eigenvalue weighted by atomic mass is 10.1. The van der Waals surface area contributed by atoms with Crippen LogP contribution in [0.3, 0.4) is 0 Å². The van der Waals surface area contributed by atoms with E-state index in [0.29, 0.717) is 11.6 Å². The van der Waals surface area contributed by atoms with Crippen LogP contribution in [0.5, 0.6) is 0 Å². The zero-order chi connectivity index (χ0) is 12.1. The maximum atomic E-state index is 11.4. The molecule has 1 saturated heterocycles. The second-order valence-electron chi connectivity index (χ2n) is 4.24. The molecular weight excluding hydrogens is 216 g/mol. The molecule has 0 aromatic heterocycles. The second kappa shape index (κ2) is 5.68. The summed E-state index contributed by atoms with van der Waals surface area (Å²) in [7, 11) is 1.40. The van der Waals surface area contributed by atoms with Crippen LogP contribution in [0.4, 0.5) is 5.69 Å². The highest BCUT2D eigenvalue weighted by atomic mass is 16.5. The Kier molecular flexibility index (Phi) is 3.98. The molecule has 1 heterocycles. The molecule has 4 heteroatoms. The summed E-state index contributed by atoms with van der Waals surface area (Å²) in [6.07, 6.45) is 2.23. The van der Waals surface area contributed by atoms with E-state index in [9.17, 15) is 4.79 Å². The SMILES string of the molecule is COC(=O)c1cccc(NC2CCNCC2)c1. The molecule has 0 radical (unpaired) electrons. The Morgan fingerprint density at radius 1 is 1.41 bits per heavy atom. The van der Waals surface area contributed by atoms with Gasteiger partial charge in [-0.3, -0.25) is 0 Å². The Morgan fingerprint density at radius 3 is 2.88 bits per heavy atom. The van der Waals surface area contributed by atoms with Crippen molar-refractivity contribution in [3.8, 4) is 0 Å². The fraction of sp³-hybridized carbons (Fsp3) is 0.462. The van der Waals surface area contributed by atoms with Crippen molar-refractivity contribution in [1.82, 2.24) is 5.32 Å². The Bertz CT molecular complexity index is 387. The maximum absolute atomic E-state index is 11.4. The van der Waals surface area contributed by atoms with Gasteiger partial charge >= 0.3 is 5.97 Å². The van der Waals surface area contributed by atoms with Crippen molar-refractivity contribution in [2.75, 3.05) is 25.5 Å². The number of carbonyl (C=O) groups is 1. The minimum absolute atomic E-state index is 0.293. The number of hydrogen-bond donors (Lipinski definition) is 2. The summed E-state index contributed by atoms with van der Waals surface area (Å²) >= 11 is 0. The molecule has 0 bridgehead atoms. The third-order valence-electron chi connectivity index (χ3n) is 2.99. The highest BCUT2D eigenvalue weighted by molar-refractivity contribution is 5.90. The van der Waals surface area contributed by atoms with Crippen LogP contribution in [0.2, 0.25) is 0 Å². The molecule has 0 atom stereocenters. The van der Waals surface area contributed by atoms with Gasteiger partial charge in [0.2, 0.25) is 0 Å². The Balaban J connectivity index is 2.02. The number of benzene rings is 1. The summed E-state index contributed by atoms with van der Waals surface area (Å²) in [5.41, 5.74) is 1.58. The molecule has 17 heavy (non-hydrogen) atoms. The number of ether oxygens (including phenoxy) is 1. The van der Waals surface area contributed by atoms with Gasteiger partial charge in [0, 0.05) is 11.7 Å². The lowest BCUT2D eigenvalue weighted by Crippen LogP contribution is -2.35. The van der Waals surface area contributed by atoms with E-state index in [2.05, 4.69) is 10.6 Å². The van der Waals surface area contributed by atoms with Gasteiger partial charge in [-0.05, 0) is 44.1 Å². The van der Waals surface area contributed by atoms with E-state index < -0.39 is 0 Å². The average molecular weight is 234 g/mol. The van der Waals surface area contributed by atoms with E-state index in [1.165, 1.54) is 7.11 Å². The van der Waals surface area contributed by atoms with Gasteiger partial charge in [-0.2, -0.15) is 0 Å². The molecule has 2 rings (SSSR count). The van der Waals surface area contributed by atoms with E-state index in [-0.39, 0.29) is 5.97 Å². The van der Waals surface area contributed by atoms with E-state index in [1.54, 1.807) is 6.07 Å². The first kappa shape index (κ1) is 11.9. The van der Waals surface area contributed by atoms with Gasteiger partial charge in [-0.25, -0.2) is 4.79 Å². The van der Waals surface area contributed by atoms with Crippen LogP contribution >= 0.6 is 0 Å². The van der Waals surface area contributed by atoms with Gasteiger partial charge in [0.15, 0.2) is 0 Å². The quantitative estimate of drug-likeness (QED) is 0.781. The third-order valence-corrected chi connectivity index (χ3v) is 2.99. The monoisotopic (exact) mass is 234 g/mol. The van der Waals surface area contributed by atoms with Gasteiger partial charge in [0.25, 0.3) is 0 Å². The average Bonchev–Trinajstić information content (AvgIpc) is 2.39. The fourth-order valence-corrected chi connectivity index (χ4v) is 2.06. The molecule has 92 valence electrons. The van der Waals surface area contributed by atoms with Crippen LogP contribution in [-0.4, -0.2) is 32.2 Å². The fourth-order valence-electron chi connectivity index (χ4n) is 2.06. The highest BCUT2D eigenvalue weighted by Crippen LogP contribution is 2.15. The number of piperidine rings is 1. The number of rotatable bonds is 3. The molecule has 1 fully saturated rings. The van der Waals surface area contributed by atoms with Crippen LogP contribution in [0.1, 0.15) is 23.2 Å². The molecule has 0 aliphatic carbocycles. The first-order valence-electron chi connectivity index (χ1n) is 5.95. The Morgan fingerprint density at radius 2 is 2.18 bits per heavy atom. The number of methoxy groups -OCH3 is 1. The van der Waals surface area contributed by atoms with Crippen LogP contribution in [0, 0.1) is 0 Å². The van der Waals surface area contributed by atoms with E-state index in [4.69, 9.17) is 4.74 Å². The largest absolute Gasteiger partial charge is 0.465 e. The lowest BCUT2D eigenvalue weighted by molar-refractivity contribution is 0.0601. The number of carbonyl (C=O) groups excluding carboxylic acids is 1. The number of nitrogens with one attached hydrogen (secondary N) is 2. The lowest BCUT2D eigenvalue weighted by Gasteiger charge is -2.24. The topological polar surface area (TPSA) is 50.4 Å². The zero-order valence-corrected chi connectivity index (χ0v) is 10.0. The smallest absolute Gasteiger partial charge is 0.337 e. The van der Waals surface area contributed by atoms with Crippen LogP contribution < -0.4 is 10.6 Å². The van der Waals surface area contributed by atoms with Crippen molar-refractivity contribution in [3.63, 3.8) is 0 Å². The van der Waals surface area contributed by atoms with Crippen LogP contribution in [0.25, 0.3) is 0 Å². The molecule has 4 nitrogen and oxygen atoms in total. The summed E-state index contributed by atoms with van der Waals surface area (Å²) < 4.78 is 4.70. The predicted molar refractivity (Wildman–Crippen MR) is 67.3 cm³/mol. The highest BCUT2D eigenvalue weighted by Gasteiger charge is 2.13. The van der Waals surface area contributed by atoms with Crippen LogP contribution in [0.15, 0.2) is 24.3 Å². The molecule has 0 saturated carbocycles. The standard InChI is InChI=1S/C13H18N2O2/c1-17-13(16)10-3-2-4-12(9-10)15-11-5-7-14-8-6-11/h2-4,9,11,14-15H,5-8H2,1H3. The Labute approximate surface area is 101 Å². The Hall–Kier alpha value is -1.55. The minimum Gasteiger partial charge on any atom is -0.465 e. The molecular formula is C13H18N2O2. The summed E-state index contributed by atoms with van der Waals surface area (Å²) in [4.78, 5) is 11.4. The van der Waals surface area contributed by atoms with Crippen molar-refractivity contribution in [2.45, 2.75) is 18.9 Å². The first-order chi connectivity index (χ1) is 8.29. The molecule has 1 aromatic carbocycles.